The number of nitrogens with zero attached hydrogens (tertiary/aromatic N) is 1. The molecule has 1 atom stereocenters. The van der Waals surface area contributed by atoms with Crippen molar-refractivity contribution in [2.75, 3.05) is 13.2 Å². The first-order valence-corrected chi connectivity index (χ1v) is 8.62. The maximum absolute atomic E-state index is 11.6. The van der Waals surface area contributed by atoms with Crippen LogP contribution in [-0.4, -0.2) is 24.3 Å². The van der Waals surface area contributed by atoms with Crippen LogP contribution in [0.25, 0.3) is 0 Å². The smallest absolute Gasteiger partial charge is 0.405 e. The van der Waals surface area contributed by atoms with E-state index in [4.69, 9.17) is 15.2 Å². The SMILES string of the molecule is CC(C)(C)C(OC(N)=O)(c1nc(Br)cs1)C1CCOCC1. The van der Waals surface area contributed by atoms with Crippen LogP contribution in [0, 0.1) is 11.3 Å². The van der Waals surface area contributed by atoms with E-state index in [0.29, 0.717) is 13.2 Å². The molecule has 5 nitrogen and oxygen atoms in total. The minimum atomic E-state index is -0.834. The lowest BCUT2D eigenvalue weighted by Gasteiger charge is -2.48. The largest absolute Gasteiger partial charge is 0.435 e. The van der Waals surface area contributed by atoms with Gasteiger partial charge in [-0.25, -0.2) is 9.78 Å². The zero-order valence-corrected chi connectivity index (χ0v) is 14.9. The third-order valence-corrected chi connectivity index (χ3v) is 5.63. The first kappa shape index (κ1) is 16.7. The van der Waals surface area contributed by atoms with E-state index in [9.17, 15) is 4.79 Å². The van der Waals surface area contributed by atoms with Crippen LogP contribution in [0.5, 0.6) is 0 Å². The van der Waals surface area contributed by atoms with Gasteiger partial charge in [0.1, 0.15) is 9.61 Å². The fourth-order valence-corrected chi connectivity index (χ4v) is 4.75. The van der Waals surface area contributed by atoms with Gasteiger partial charge in [-0.3, -0.25) is 0 Å². The standard InChI is InChI=1S/C14H21BrN2O3S/c1-13(2,3)14(20-12(16)18,9-4-6-19-7-5-9)11-17-10(15)8-21-11/h8-9H,4-7H2,1-3H3,(H2,16,18). The molecular weight excluding hydrogens is 356 g/mol. The first-order chi connectivity index (χ1) is 9.77. The molecule has 0 aliphatic carbocycles. The average molecular weight is 377 g/mol. The van der Waals surface area contributed by atoms with Gasteiger partial charge in [-0.1, -0.05) is 20.8 Å². The Balaban J connectivity index is 2.55. The molecule has 7 heteroatoms. The van der Waals surface area contributed by atoms with Crippen LogP contribution in [0.3, 0.4) is 0 Å². The molecule has 0 saturated carbocycles. The molecule has 0 radical (unpaired) electrons. The van der Waals surface area contributed by atoms with Gasteiger partial charge in [0, 0.05) is 29.9 Å². The van der Waals surface area contributed by atoms with Gasteiger partial charge < -0.3 is 15.2 Å². The van der Waals surface area contributed by atoms with Crippen LogP contribution < -0.4 is 5.73 Å². The lowest BCUT2D eigenvalue weighted by atomic mass is 9.66. The van der Waals surface area contributed by atoms with Crippen molar-refractivity contribution in [3.05, 3.63) is 15.0 Å². The van der Waals surface area contributed by atoms with Gasteiger partial charge in [-0.15, -0.1) is 11.3 Å². The molecule has 0 aromatic carbocycles. The molecule has 0 bridgehead atoms. The molecule has 1 unspecified atom stereocenters. The fourth-order valence-electron chi connectivity index (χ4n) is 3.08. The Kier molecular flexibility index (Phi) is 4.95. The summed E-state index contributed by atoms with van der Waals surface area (Å²) in [7, 11) is 0. The van der Waals surface area contributed by atoms with E-state index in [1.165, 1.54) is 11.3 Å². The van der Waals surface area contributed by atoms with Gasteiger partial charge in [0.05, 0.1) is 0 Å². The lowest BCUT2D eigenvalue weighted by Crippen LogP contribution is -2.52. The molecule has 1 aromatic heterocycles. The number of thiazole rings is 1. The monoisotopic (exact) mass is 376 g/mol. The fraction of sp³-hybridized carbons (Fsp3) is 0.714. The highest BCUT2D eigenvalue weighted by atomic mass is 79.9. The summed E-state index contributed by atoms with van der Waals surface area (Å²) in [6.07, 6.45) is 0.881. The Hall–Kier alpha value is -0.660. The number of amides is 1. The molecule has 2 rings (SSSR count). The molecule has 1 amide bonds. The van der Waals surface area contributed by atoms with Crippen molar-refractivity contribution >= 4 is 33.4 Å². The van der Waals surface area contributed by atoms with Gasteiger partial charge in [-0.05, 0) is 28.8 Å². The third-order valence-electron chi connectivity index (χ3n) is 3.97. The number of carbonyl (C=O) groups excluding carboxylic acids is 1. The summed E-state index contributed by atoms with van der Waals surface area (Å²) in [5.74, 6) is 0.136. The Morgan fingerprint density at radius 3 is 2.52 bits per heavy atom. The Morgan fingerprint density at radius 1 is 1.48 bits per heavy atom. The van der Waals surface area contributed by atoms with E-state index in [0.717, 1.165) is 22.5 Å². The summed E-state index contributed by atoms with van der Waals surface area (Å²) in [5, 5.41) is 2.69. The molecular formula is C14H21BrN2O3S. The summed E-state index contributed by atoms with van der Waals surface area (Å²) in [6.45, 7) is 7.50. The van der Waals surface area contributed by atoms with Gasteiger partial charge >= 0.3 is 6.09 Å². The second kappa shape index (κ2) is 6.22. The van der Waals surface area contributed by atoms with Crippen LogP contribution >= 0.6 is 27.3 Å². The highest BCUT2D eigenvalue weighted by Gasteiger charge is 2.55. The highest BCUT2D eigenvalue weighted by molar-refractivity contribution is 9.10. The first-order valence-electron chi connectivity index (χ1n) is 6.95. The normalized spacial score (nSPS) is 20.0. The minimum absolute atomic E-state index is 0.136. The number of hydrogen-bond acceptors (Lipinski definition) is 5. The number of aromatic nitrogens is 1. The van der Waals surface area contributed by atoms with Gasteiger partial charge in [0.2, 0.25) is 0 Å². The summed E-state index contributed by atoms with van der Waals surface area (Å²) in [5.41, 5.74) is 4.23. The molecule has 2 heterocycles. The van der Waals surface area contributed by atoms with E-state index >= 15 is 0 Å². The average Bonchev–Trinajstić information content (AvgIpc) is 2.82. The van der Waals surface area contributed by atoms with Crippen molar-refractivity contribution in [3.63, 3.8) is 0 Å². The number of primary amides is 1. The van der Waals surface area contributed by atoms with Crippen LogP contribution in [0.1, 0.15) is 38.6 Å². The number of halogens is 1. The quantitative estimate of drug-likeness (QED) is 0.872. The van der Waals surface area contributed by atoms with Gasteiger partial charge in [-0.2, -0.15) is 0 Å². The Morgan fingerprint density at radius 2 is 2.10 bits per heavy atom. The van der Waals surface area contributed by atoms with Crippen molar-refractivity contribution < 1.29 is 14.3 Å². The number of ether oxygens (including phenoxy) is 2. The molecule has 118 valence electrons. The van der Waals surface area contributed by atoms with Crippen LogP contribution in [0.2, 0.25) is 0 Å². The third kappa shape index (κ3) is 3.24. The van der Waals surface area contributed by atoms with Crippen molar-refractivity contribution in [1.29, 1.82) is 0 Å². The molecule has 1 aliphatic heterocycles. The number of carbonyl (C=O) groups is 1. The second-order valence-electron chi connectivity index (χ2n) is 6.27. The van der Waals surface area contributed by atoms with Crippen molar-refractivity contribution in [2.45, 2.75) is 39.2 Å². The second-order valence-corrected chi connectivity index (χ2v) is 7.94. The molecule has 0 spiro atoms. The van der Waals surface area contributed by atoms with E-state index < -0.39 is 11.7 Å². The van der Waals surface area contributed by atoms with Gasteiger partial charge in [0.15, 0.2) is 5.60 Å². The van der Waals surface area contributed by atoms with Gasteiger partial charge in [0.25, 0.3) is 0 Å². The zero-order valence-electron chi connectivity index (χ0n) is 12.5. The zero-order chi connectivity index (χ0) is 15.7. The molecule has 1 saturated heterocycles. The van der Waals surface area contributed by atoms with Crippen molar-refractivity contribution in [3.8, 4) is 0 Å². The summed E-state index contributed by atoms with van der Waals surface area (Å²) in [4.78, 5) is 16.2. The number of nitrogens with two attached hydrogens (primary N) is 1. The summed E-state index contributed by atoms with van der Waals surface area (Å²) < 4.78 is 12.0. The predicted molar refractivity (Wildman–Crippen MR) is 85.2 cm³/mol. The Bertz CT molecular complexity index is 509. The number of hydrogen-bond donors (Lipinski definition) is 1. The van der Waals surface area contributed by atoms with E-state index in [1.54, 1.807) is 0 Å². The summed E-state index contributed by atoms with van der Waals surface area (Å²) >= 11 is 4.87. The van der Waals surface area contributed by atoms with Crippen LogP contribution in [0.15, 0.2) is 9.98 Å². The van der Waals surface area contributed by atoms with E-state index in [-0.39, 0.29) is 11.3 Å². The molecule has 21 heavy (non-hydrogen) atoms. The van der Waals surface area contributed by atoms with Crippen LogP contribution in [0.4, 0.5) is 4.79 Å². The van der Waals surface area contributed by atoms with Crippen molar-refractivity contribution in [2.24, 2.45) is 17.1 Å². The molecule has 2 N–H and O–H groups in total. The highest BCUT2D eigenvalue weighted by Crippen LogP contribution is 2.52. The van der Waals surface area contributed by atoms with E-state index in [2.05, 4.69) is 41.7 Å². The van der Waals surface area contributed by atoms with Crippen LogP contribution in [-0.2, 0) is 15.1 Å². The maximum atomic E-state index is 11.6. The molecule has 1 aromatic rings. The summed E-state index contributed by atoms with van der Waals surface area (Å²) in [6, 6.07) is 0. The van der Waals surface area contributed by atoms with Crippen molar-refractivity contribution in [1.82, 2.24) is 4.98 Å². The lowest BCUT2D eigenvalue weighted by molar-refractivity contribution is -0.139. The maximum Gasteiger partial charge on any atom is 0.405 e. The molecule has 1 aliphatic rings. The Labute approximate surface area is 137 Å². The van der Waals surface area contributed by atoms with E-state index in [1.807, 2.05) is 5.38 Å². The topological polar surface area (TPSA) is 74.4 Å². The predicted octanol–water partition coefficient (Wildman–Crippen LogP) is 3.67. The number of rotatable bonds is 3. The molecule has 1 fully saturated rings. The minimum Gasteiger partial charge on any atom is -0.435 e.